The highest BCUT2D eigenvalue weighted by Gasteiger charge is 2.08. The molecule has 16 heavy (non-hydrogen) atoms. The Labute approximate surface area is 93.8 Å². The lowest BCUT2D eigenvalue weighted by Crippen LogP contribution is -2.23. The van der Waals surface area contributed by atoms with Crippen LogP contribution in [0, 0.1) is 0 Å². The van der Waals surface area contributed by atoms with Gasteiger partial charge < -0.3 is 5.11 Å². The van der Waals surface area contributed by atoms with Crippen LogP contribution in [0.5, 0.6) is 0 Å². The Balaban J connectivity index is 2.49. The summed E-state index contributed by atoms with van der Waals surface area (Å²) < 4.78 is 1.29. The molecule has 0 saturated carbocycles. The second-order valence-corrected chi connectivity index (χ2v) is 3.71. The third-order valence-corrected chi connectivity index (χ3v) is 2.58. The van der Waals surface area contributed by atoms with Gasteiger partial charge in [0.1, 0.15) is 5.69 Å². The molecular weight excluding hydrogens is 230 g/mol. The van der Waals surface area contributed by atoms with Crippen molar-refractivity contribution in [2.24, 2.45) is 0 Å². The number of carbonyl (C=O) groups is 1. The van der Waals surface area contributed by atoms with Gasteiger partial charge in [-0.2, -0.15) is 0 Å². The van der Waals surface area contributed by atoms with E-state index in [0.717, 1.165) is 0 Å². The van der Waals surface area contributed by atoms with Crippen LogP contribution in [0.2, 0.25) is 0 Å². The molecule has 0 radical (unpaired) electrons. The van der Waals surface area contributed by atoms with Gasteiger partial charge in [0, 0.05) is 17.8 Å². The molecule has 0 aliphatic carbocycles. The number of rotatable bonds is 2. The molecule has 6 nitrogen and oxygen atoms in total. The molecule has 2 N–H and O–H groups in total. The fourth-order valence-corrected chi connectivity index (χ4v) is 1.81. The van der Waals surface area contributed by atoms with Crippen molar-refractivity contribution >= 4 is 23.1 Å². The zero-order valence-corrected chi connectivity index (χ0v) is 8.77. The van der Waals surface area contributed by atoms with Crippen LogP contribution in [-0.4, -0.2) is 20.8 Å². The molecular formula is C9H7N3O3S. The minimum atomic E-state index is -1.27. The molecule has 7 heteroatoms. The van der Waals surface area contributed by atoms with Crippen LogP contribution in [-0.2, 0) is 0 Å². The molecule has 0 spiro atoms. The fraction of sp³-hybridized carbons (Fsp3) is 0. The molecule has 2 heterocycles. The normalized spacial score (nSPS) is 10.0. The molecule has 0 saturated heterocycles. The molecule has 0 atom stereocenters. The molecule has 2 rings (SSSR count). The van der Waals surface area contributed by atoms with Gasteiger partial charge >= 0.3 is 6.09 Å². The summed E-state index contributed by atoms with van der Waals surface area (Å²) in [6, 6.07) is 2.98. The Bertz CT molecular complexity index is 562. The first-order valence-corrected chi connectivity index (χ1v) is 5.18. The molecule has 0 unspecified atom stereocenters. The summed E-state index contributed by atoms with van der Waals surface area (Å²) in [4.78, 5) is 26.2. The average molecular weight is 237 g/mol. The number of nitrogens with zero attached hydrogens (tertiary/aromatic N) is 2. The van der Waals surface area contributed by atoms with E-state index in [4.69, 9.17) is 5.11 Å². The predicted octanol–water partition coefficient (Wildman–Crippen LogP) is 1.38. The van der Waals surface area contributed by atoms with Crippen molar-refractivity contribution < 1.29 is 9.90 Å². The van der Waals surface area contributed by atoms with E-state index in [2.05, 4.69) is 4.98 Å². The van der Waals surface area contributed by atoms with E-state index in [1.54, 1.807) is 17.6 Å². The Hall–Kier alpha value is -2.15. The van der Waals surface area contributed by atoms with Gasteiger partial charge in [-0.05, 0) is 12.1 Å². The number of hydrogen-bond acceptors (Lipinski definition) is 4. The van der Waals surface area contributed by atoms with E-state index >= 15 is 0 Å². The maximum Gasteiger partial charge on any atom is 0.409 e. The van der Waals surface area contributed by atoms with Gasteiger partial charge in [-0.25, -0.2) is 9.78 Å². The van der Waals surface area contributed by atoms with E-state index in [1.165, 1.54) is 28.2 Å². The van der Waals surface area contributed by atoms with Crippen molar-refractivity contribution in [3.63, 3.8) is 0 Å². The molecule has 2 aromatic heterocycles. The lowest BCUT2D eigenvalue weighted by atomic mass is 10.4. The summed E-state index contributed by atoms with van der Waals surface area (Å²) in [7, 11) is 0. The lowest BCUT2D eigenvalue weighted by molar-refractivity contribution is 0.209. The van der Waals surface area contributed by atoms with E-state index < -0.39 is 11.7 Å². The van der Waals surface area contributed by atoms with Crippen molar-refractivity contribution in [2.45, 2.75) is 0 Å². The summed E-state index contributed by atoms with van der Waals surface area (Å²) in [6.45, 7) is 0. The summed E-state index contributed by atoms with van der Waals surface area (Å²) in [5.74, 6) is 0. The number of amides is 1. The zero-order chi connectivity index (χ0) is 11.5. The van der Waals surface area contributed by atoms with Crippen LogP contribution in [0.4, 0.5) is 10.5 Å². The highest BCUT2D eigenvalue weighted by molar-refractivity contribution is 7.12. The van der Waals surface area contributed by atoms with Crippen LogP contribution in [0.3, 0.4) is 0 Å². The summed E-state index contributed by atoms with van der Waals surface area (Å²) in [6.07, 6.45) is 1.84. The molecule has 0 aliphatic heterocycles. The van der Waals surface area contributed by atoms with Gasteiger partial charge in [0.15, 0.2) is 5.13 Å². The van der Waals surface area contributed by atoms with Crippen LogP contribution < -0.4 is 10.9 Å². The van der Waals surface area contributed by atoms with Gasteiger partial charge in [0.05, 0.1) is 0 Å². The number of pyridine rings is 1. The van der Waals surface area contributed by atoms with E-state index in [1.807, 2.05) is 5.32 Å². The maximum atomic E-state index is 11.8. The number of thiazole rings is 1. The molecule has 0 aliphatic rings. The number of aromatic nitrogens is 2. The zero-order valence-electron chi connectivity index (χ0n) is 7.95. The first-order chi connectivity index (χ1) is 7.68. The van der Waals surface area contributed by atoms with Gasteiger partial charge in [-0.3, -0.25) is 14.7 Å². The molecule has 0 bridgehead atoms. The maximum absolute atomic E-state index is 11.8. The Kier molecular flexibility index (Phi) is 2.69. The Morgan fingerprint density at radius 2 is 2.38 bits per heavy atom. The second-order valence-electron chi connectivity index (χ2n) is 2.84. The highest BCUT2D eigenvalue weighted by atomic mass is 32.1. The van der Waals surface area contributed by atoms with E-state index in [0.29, 0.717) is 5.13 Å². The first kappa shape index (κ1) is 10.4. The van der Waals surface area contributed by atoms with Crippen LogP contribution in [0.15, 0.2) is 34.7 Å². The third-order valence-electron chi connectivity index (χ3n) is 1.81. The second kappa shape index (κ2) is 4.15. The SMILES string of the molecule is O=C(O)Nc1cccn(-c2nccs2)c1=O. The summed E-state index contributed by atoms with van der Waals surface area (Å²) in [5, 5.41) is 12.8. The summed E-state index contributed by atoms with van der Waals surface area (Å²) in [5.41, 5.74) is -0.440. The van der Waals surface area contributed by atoms with Gasteiger partial charge in [-0.15, -0.1) is 11.3 Å². The number of anilines is 1. The fourth-order valence-electron chi connectivity index (χ4n) is 1.19. The van der Waals surface area contributed by atoms with Crippen molar-refractivity contribution in [1.82, 2.24) is 9.55 Å². The molecule has 0 fully saturated rings. The Morgan fingerprint density at radius 1 is 1.56 bits per heavy atom. The van der Waals surface area contributed by atoms with Gasteiger partial charge in [0.2, 0.25) is 0 Å². The van der Waals surface area contributed by atoms with Crippen molar-refractivity contribution in [1.29, 1.82) is 0 Å². The van der Waals surface area contributed by atoms with Gasteiger partial charge in [0.25, 0.3) is 5.56 Å². The van der Waals surface area contributed by atoms with E-state index in [-0.39, 0.29) is 5.69 Å². The molecule has 2 aromatic rings. The third kappa shape index (κ3) is 1.94. The molecule has 82 valence electrons. The quantitative estimate of drug-likeness (QED) is 0.826. The first-order valence-electron chi connectivity index (χ1n) is 4.30. The van der Waals surface area contributed by atoms with Gasteiger partial charge in [-0.1, -0.05) is 0 Å². The van der Waals surface area contributed by atoms with Crippen molar-refractivity contribution in [3.8, 4) is 5.13 Å². The number of hydrogen-bond donors (Lipinski definition) is 2. The monoisotopic (exact) mass is 237 g/mol. The van der Waals surface area contributed by atoms with Crippen LogP contribution in [0.1, 0.15) is 0 Å². The minimum absolute atomic E-state index is 0.00481. The summed E-state index contributed by atoms with van der Waals surface area (Å²) >= 11 is 1.29. The average Bonchev–Trinajstić information content (AvgIpc) is 2.73. The molecule has 1 amide bonds. The number of nitrogens with one attached hydrogen (secondary N) is 1. The van der Waals surface area contributed by atoms with Crippen molar-refractivity contribution in [3.05, 3.63) is 40.3 Å². The highest BCUT2D eigenvalue weighted by Crippen LogP contribution is 2.09. The van der Waals surface area contributed by atoms with Crippen LogP contribution in [0.25, 0.3) is 5.13 Å². The lowest BCUT2D eigenvalue weighted by Gasteiger charge is -2.03. The largest absolute Gasteiger partial charge is 0.465 e. The Morgan fingerprint density at radius 3 is 3.00 bits per heavy atom. The van der Waals surface area contributed by atoms with Crippen molar-refractivity contribution in [2.75, 3.05) is 5.32 Å². The van der Waals surface area contributed by atoms with E-state index in [9.17, 15) is 9.59 Å². The number of carboxylic acid groups (broad SMARTS) is 1. The molecule has 0 aromatic carbocycles. The smallest absolute Gasteiger partial charge is 0.409 e. The van der Waals surface area contributed by atoms with Crippen LogP contribution >= 0.6 is 11.3 Å². The topological polar surface area (TPSA) is 84.2 Å². The standard InChI is InChI=1S/C9H7N3O3S/c13-7-6(11-9(14)15)2-1-4-12(7)8-10-3-5-16-8/h1-5,11H,(H,14,15). The predicted molar refractivity (Wildman–Crippen MR) is 59.4 cm³/mol. The minimum Gasteiger partial charge on any atom is -0.465 e.